The normalized spacial score (nSPS) is 24.0. The van der Waals surface area contributed by atoms with Crippen LogP contribution in [0, 0.1) is 5.41 Å². The van der Waals surface area contributed by atoms with E-state index in [2.05, 4.69) is 0 Å². The van der Waals surface area contributed by atoms with Gasteiger partial charge in [0, 0.05) is 16.8 Å². The van der Waals surface area contributed by atoms with E-state index >= 15 is 0 Å². The number of para-hydroxylation sites is 1. The number of esters is 1. The molecule has 1 aromatic heterocycles. The number of nitrogens with zero attached hydrogens (tertiary/aromatic N) is 1. The first-order chi connectivity index (χ1) is 16.1. The van der Waals surface area contributed by atoms with E-state index in [1.165, 1.54) is 6.26 Å². The van der Waals surface area contributed by atoms with Crippen molar-refractivity contribution < 1.29 is 23.5 Å². The van der Waals surface area contributed by atoms with Gasteiger partial charge < -0.3 is 14.1 Å². The maximum atomic E-state index is 14.2. The molecule has 0 N–H and O–H groups in total. The minimum atomic E-state index is -1.54. The lowest BCUT2D eigenvalue weighted by atomic mass is 9.66. The van der Waals surface area contributed by atoms with Crippen molar-refractivity contribution >= 4 is 29.3 Å². The number of Topliss-reactive ketones (excluding diaryl/α,β-unsaturated/α-hetero) is 2. The molecule has 3 atom stereocenters. The molecule has 164 valence electrons. The molecule has 33 heavy (non-hydrogen) atoms. The number of hydrogen-bond donors (Lipinski definition) is 0. The third kappa shape index (κ3) is 2.40. The molecule has 6 heteroatoms. The van der Waals surface area contributed by atoms with Gasteiger partial charge in [0.1, 0.15) is 17.2 Å². The summed E-state index contributed by atoms with van der Waals surface area (Å²) in [5, 5.41) is 0. The summed E-state index contributed by atoms with van der Waals surface area (Å²) in [7, 11) is 0. The molecule has 1 aliphatic carbocycles. The Morgan fingerprint density at radius 2 is 1.70 bits per heavy atom. The van der Waals surface area contributed by atoms with E-state index in [4.69, 9.17) is 9.15 Å². The van der Waals surface area contributed by atoms with Crippen molar-refractivity contribution in [1.29, 1.82) is 0 Å². The fraction of sp³-hybridized carbons (Fsp3) is 0.222. The van der Waals surface area contributed by atoms with E-state index in [9.17, 15) is 14.4 Å². The molecule has 0 amide bonds. The largest absolute Gasteiger partial charge is 0.469 e. The Morgan fingerprint density at radius 3 is 2.36 bits per heavy atom. The molecule has 6 rings (SSSR count). The number of benzene rings is 2. The summed E-state index contributed by atoms with van der Waals surface area (Å²) in [5.74, 6) is -1.48. The third-order valence-corrected chi connectivity index (χ3v) is 7.09. The van der Waals surface area contributed by atoms with Crippen molar-refractivity contribution in [3.63, 3.8) is 0 Å². The molecule has 3 heterocycles. The van der Waals surface area contributed by atoms with Crippen molar-refractivity contribution in [2.45, 2.75) is 24.9 Å². The SMILES string of the molecule is CCOC(=O)[C@@H]1[C@@H](c2ccco2)C2(C(=O)c3ccccc3C2=O)C2C=Cc3ccccc3N21. The van der Waals surface area contributed by atoms with Crippen molar-refractivity contribution in [3.8, 4) is 0 Å². The number of carbonyl (C=O) groups excluding carboxylic acids is 3. The maximum Gasteiger partial charge on any atom is 0.329 e. The van der Waals surface area contributed by atoms with Crippen LogP contribution in [-0.2, 0) is 9.53 Å². The Hall–Kier alpha value is -3.93. The van der Waals surface area contributed by atoms with E-state index in [-0.39, 0.29) is 18.2 Å². The average Bonchev–Trinajstić information content (AvgIpc) is 3.52. The summed E-state index contributed by atoms with van der Waals surface area (Å²) in [5.41, 5.74) is 0.927. The van der Waals surface area contributed by atoms with Crippen LogP contribution in [0.1, 0.15) is 44.9 Å². The third-order valence-electron chi connectivity index (χ3n) is 7.09. The smallest absolute Gasteiger partial charge is 0.329 e. The predicted octanol–water partition coefficient (Wildman–Crippen LogP) is 4.28. The van der Waals surface area contributed by atoms with Crippen molar-refractivity contribution in [2.24, 2.45) is 5.41 Å². The summed E-state index contributed by atoms with van der Waals surface area (Å²) in [6.07, 6.45) is 5.30. The second-order valence-electron chi connectivity index (χ2n) is 8.53. The van der Waals surface area contributed by atoms with E-state index in [0.717, 1.165) is 11.3 Å². The lowest BCUT2D eigenvalue weighted by molar-refractivity contribution is -0.145. The number of rotatable bonds is 3. The van der Waals surface area contributed by atoms with Crippen LogP contribution in [0.3, 0.4) is 0 Å². The number of hydrogen-bond acceptors (Lipinski definition) is 6. The number of furan rings is 1. The van der Waals surface area contributed by atoms with Gasteiger partial charge in [-0.3, -0.25) is 9.59 Å². The van der Waals surface area contributed by atoms with Crippen molar-refractivity contribution in [3.05, 3.63) is 95.5 Å². The van der Waals surface area contributed by atoms with Gasteiger partial charge in [0.05, 0.1) is 24.8 Å². The summed E-state index contributed by atoms with van der Waals surface area (Å²) in [6, 6.07) is 16.4. The molecule has 0 saturated carbocycles. The molecular formula is C27H21NO5. The molecule has 2 aliphatic heterocycles. The molecule has 1 spiro atoms. The molecule has 0 bridgehead atoms. The van der Waals surface area contributed by atoms with Crippen LogP contribution < -0.4 is 4.90 Å². The Labute approximate surface area is 190 Å². The first-order valence-electron chi connectivity index (χ1n) is 11.0. The zero-order chi connectivity index (χ0) is 22.7. The number of ketones is 2. The highest BCUT2D eigenvalue weighted by molar-refractivity contribution is 6.32. The summed E-state index contributed by atoms with van der Waals surface area (Å²) >= 11 is 0. The minimum absolute atomic E-state index is 0.186. The highest BCUT2D eigenvalue weighted by Gasteiger charge is 2.72. The summed E-state index contributed by atoms with van der Waals surface area (Å²) in [4.78, 5) is 43.7. The number of fused-ring (bicyclic) bond motifs is 5. The molecular weight excluding hydrogens is 418 g/mol. The molecule has 3 aromatic rings. The summed E-state index contributed by atoms with van der Waals surface area (Å²) in [6.45, 7) is 1.93. The van der Waals surface area contributed by atoms with Gasteiger partial charge in [0.2, 0.25) is 0 Å². The van der Waals surface area contributed by atoms with Crippen LogP contribution in [0.4, 0.5) is 5.69 Å². The molecule has 6 nitrogen and oxygen atoms in total. The van der Waals surface area contributed by atoms with Crippen LogP contribution in [0.25, 0.3) is 6.08 Å². The van der Waals surface area contributed by atoms with Crippen molar-refractivity contribution in [2.75, 3.05) is 11.5 Å². The molecule has 1 saturated heterocycles. The maximum absolute atomic E-state index is 14.2. The van der Waals surface area contributed by atoms with Crippen LogP contribution in [0.15, 0.2) is 77.4 Å². The highest BCUT2D eigenvalue weighted by atomic mass is 16.5. The monoisotopic (exact) mass is 439 g/mol. The lowest BCUT2D eigenvalue weighted by Crippen LogP contribution is -2.48. The van der Waals surface area contributed by atoms with Gasteiger partial charge in [-0.15, -0.1) is 0 Å². The first kappa shape index (κ1) is 19.7. The van der Waals surface area contributed by atoms with Gasteiger partial charge in [-0.25, -0.2) is 4.79 Å². The standard InChI is InChI=1S/C27H21NO5/c1-2-32-26(31)23-22(20-12-7-15-33-20)27(24(29)17-9-4-5-10-18(17)25(27)30)21-14-13-16-8-3-6-11-19(16)28(21)23/h3-15,21-23H,2H2,1H3/t21?,22-,23+/m1/s1. The lowest BCUT2D eigenvalue weighted by Gasteiger charge is -2.36. The fourth-order valence-electron chi connectivity index (χ4n) is 5.89. The van der Waals surface area contributed by atoms with Crippen LogP contribution in [-0.4, -0.2) is 36.2 Å². The fourth-order valence-corrected chi connectivity index (χ4v) is 5.89. The molecule has 1 fully saturated rings. The average molecular weight is 439 g/mol. The van der Waals surface area contributed by atoms with E-state index in [1.54, 1.807) is 43.3 Å². The van der Waals surface area contributed by atoms with Crippen LogP contribution in [0.5, 0.6) is 0 Å². The zero-order valence-electron chi connectivity index (χ0n) is 17.9. The molecule has 1 unspecified atom stereocenters. The number of carbonyl (C=O) groups is 3. The van der Waals surface area contributed by atoms with Gasteiger partial charge in [-0.2, -0.15) is 0 Å². The van der Waals surface area contributed by atoms with Gasteiger partial charge in [0.15, 0.2) is 11.6 Å². The number of anilines is 1. The Kier molecular flexibility index (Phi) is 4.21. The van der Waals surface area contributed by atoms with E-state index < -0.39 is 29.4 Å². The second kappa shape index (κ2) is 7.04. The van der Waals surface area contributed by atoms with E-state index in [0.29, 0.717) is 16.9 Å². The number of ether oxygens (including phenoxy) is 1. The highest BCUT2D eigenvalue weighted by Crippen LogP contribution is 2.60. The van der Waals surface area contributed by atoms with Crippen LogP contribution >= 0.6 is 0 Å². The van der Waals surface area contributed by atoms with Gasteiger partial charge in [0.25, 0.3) is 0 Å². The minimum Gasteiger partial charge on any atom is -0.469 e. The second-order valence-corrected chi connectivity index (χ2v) is 8.53. The predicted molar refractivity (Wildman–Crippen MR) is 121 cm³/mol. The van der Waals surface area contributed by atoms with Crippen LogP contribution in [0.2, 0.25) is 0 Å². The molecule has 2 aromatic carbocycles. The van der Waals surface area contributed by atoms with Gasteiger partial charge in [-0.05, 0) is 30.7 Å². The van der Waals surface area contributed by atoms with Gasteiger partial charge >= 0.3 is 5.97 Å². The van der Waals surface area contributed by atoms with Crippen molar-refractivity contribution in [1.82, 2.24) is 0 Å². The Bertz CT molecular complexity index is 1290. The summed E-state index contributed by atoms with van der Waals surface area (Å²) < 4.78 is 11.3. The topological polar surface area (TPSA) is 76.8 Å². The van der Waals surface area contributed by atoms with Gasteiger partial charge in [-0.1, -0.05) is 54.6 Å². The zero-order valence-corrected chi connectivity index (χ0v) is 17.9. The molecule has 3 aliphatic rings. The molecule has 0 radical (unpaired) electrons. The quantitative estimate of drug-likeness (QED) is 0.448. The first-order valence-corrected chi connectivity index (χ1v) is 11.0. The Balaban J connectivity index is 1.67. The van der Waals surface area contributed by atoms with E-state index in [1.807, 2.05) is 41.3 Å². The Morgan fingerprint density at radius 1 is 1.00 bits per heavy atom.